The number of hydrogen-bond acceptors (Lipinski definition) is 6. The van der Waals surface area contributed by atoms with Gasteiger partial charge in [-0.05, 0) is 24.5 Å². The Morgan fingerprint density at radius 3 is 2.78 bits per heavy atom. The second-order valence-electron chi connectivity index (χ2n) is 6.96. The van der Waals surface area contributed by atoms with Gasteiger partial charge in [0.05, 0.1) is 29.2 Å². The number of hydrogen-bond donors (Lipinski definition) is 2. The van der Waals surface area contributed by atoms with Gasteiger partial charge in [-0.3, -0.25) is 4.79 Å². The molecule has 1 fully saturated rings. The normalized spacial score (nSPS) is 19.6. The van der Waals surface area contributed by atoms with Crippen LogP contribution in [0.4, 0.5) is 0 Å². The van der Waals surface area contributed by atoms with Gasteiger partial charge in [-0.2, -0.15) is 9.57 Å². The standard InChI is InChI=1S/C18H26N4O4S/c1-13(2)9-16(18(20)23)21-11-15-12-22(7-8-26-15)27(24,25)17-6-4-3-5-14(17)10-19/h3-6,13,15-16,21H,7-9,11-12H2,1-2H3,(H2,20,23)/t15-,16+/m1/s1. The molecular weight excluding hydrogens is 368 g/mol. The van der Waals surface area contributed by atoms with Crippen molar-refractivity contribution >= 4 is 15.9 Å². The molecule has 148 valence electrons. The molecule has 1 aromatic carbocycles. The summed E-state index contributed by atoms with van der Waals surface area (Å²) in [4.78, 5) is 11.6. The Morgan fingerprint density at radius 1 is 1.44 bits per heavy atom. The van der Waals surface area contributed by atoms with Crippen LogP contribution in [0.15, 0.2) is 29.2 Å². The second kappa shape index (κ2) is 9.28. The number of morpholine rings is 1. The molecule has 2 atom stereocenters. The molecule has 0 aliphatic carbocycles. The number of benzene rings is 1. The number of carbonyl (C=O) groups excluding carboxylic acids is 1. The van der Waals surface area contributed by atoms with E-state index in [-0.39, 0.29) is 30.2 Å². The highest BCUT2D eigenvalue weighted by Gasteiger charge is 2.32. The molecule has 0 spiro atoms. The van der Waals surface area contributed by atoms with Crippen LogP contribution in [0.5, 0.6) is 0 Å². The highest BCUT2D eigenvalue weighted by molar-refractivity contribution is 7.89. The van der Waals surface area contributed by atoms with Crippen molar-refractivity contribution in [2.24, 2.45) is 11.7 Å². The SMILES string of the molecule is CC(C)C[C@H](NC[C@@H]1CN(S(=O)(=O)c2ccccc2C#N)CCO1)C(N)=O. The summed E-state index contributed by atoms with van der Waals surface area (Å²) in [6, 6.07) is 7.57. The predicted molar refractivity (Wildman–Crippen MR) is 100 cm³/mol. The fraction of sp³-hybridized carbons (Fsp3) is 0.556. The molecule has 1 heterocycles. The van der Waals surface area contributed by atoms with Crippen molar-refractivity contribution < 1.29 is 17.9 Å². The van der Waals surface area contributed by atoms with Crippen molar-refractivity contribution in [2.45, 2.75) is 37.3 Å². The molecule has 1 aliphatic heterocycles. The minimum Gasteiger partial charge on any atom is -0.374 e. The number of nitriles is 1. The molecule has 1 aromatic rings. The van der Waals surface area contributed by atoms with E-state index in [1.165, 1.54) is 16.4 Å². The van der Waals surface area contributed by atoms with Crippen LogP contribution in [0.1, 0.15) is 25.8 Å². The third-order valence-electron chi connectivity index (χ3n) is 4.37. The zero-order valence-corrected chi connectivity index (χ0v) is 16.4. The van der Waals surface area contributed by atoms with E-state index in [4.69, 9.17) is 10.5 Å². The Labute approximate surface area is 160 Å². The van der Waals surface area contributed by atoms with Gasteiger partial charge in [0, 0.05) is 19.6 Å². The van der Waals surface area contributed by atoms with Crippen molar-refractivity contribution in [3.05, 3.63) is 29.8 Å². The fourth-order valence-electron chi connectivity index (χ4n) is 3.00. The van der Waals surface area contributed by atoms with Crippen molar-refractivity contribution in [2.75, 3.05) is 26.2 Å². The minimum absolute atomic E-state index is 0.00377. The van der Waals surface area contributed by atoms with E-state index in [9.17, 15) is 18.5 Å². The Balaban J connectivity index is 2.07. The summed E-state index contributed by atoms with van der Waals surface area (Å²) in [5, 5.41) is 12.3. The maximum atomic E-state index is 12.9. The molecule has 1 aliphatic rings. The summed E-state index contributed by atoms with van der Waals surface area (Å²) >= 11 is 0. The van der Waals surface area contributed by atoms with Gasteiger partial charge in [-0.15, -0.1) is 0 Å². The van der Waals surface area contributed by atoms with E-state index in [2.05, 4.69) is 5.32 Å². The third kappa shape index (κ3) is 5.49. The maximum absolute atomic E-state index is 12.9. The Morgan fingerprint density at radius 2 is 2.15 bits per heavy atom. The predicted octanol–water partition coefficient (Wildman–Crippen LogP) is 0.437. The van der Waals surface area contributed by atoms with E-state index in [0.717, 1.165) is 0 Å². The molecule has 0 bridgehead atoms. The van der Waals surface area contributed by atoms with Crippen LogP contribution >= 0.6 is 0 Å². The Kier molecular flexibility index (Phi) is 7.33. The van der Waals surface area contributed by atoms with Crippen molar-refractivity contribution in [3.63, 3.8) is 0 Å². The number of nitrogens with zero attached hydrogens (tertiary/aromatic N) is 2. The monoisotopic (exact) mass is 394 g/mol. The number of ether oxygens (including phenoxy) is 1. The Hall–Kier alpha value is -1.99. The number of nitrogens with two attached hydrogens (primary N) is 1. The lowest BCUT2D eigenvalue weighted by atomic mass is 10.0. The molecule has 9 heteroatoms. The van der Waals surface area contributed by atoms with Crippen LogP contribution < -0.4 is 11.1 Å². The lowest BCUT2D eigenvalue weighted by Gasteiger charge is -2.33. The van der Waals surface area contributed by atoms with E-state index in [1.54, 1.807) is 12.1 Å². The minimum atomic E-state index is -3.80. The number of nitrogens with one attached hydrogen (secondary N) is 1. The zero-order valence-electron chi connectivity index (χ0n) is 15.6. The van der Waals surface area contributed by atoms with E-state index >= 15 is 0 Å². The molecule has 0 unspecified atom stereocenters. The Bertz CT molecular complexity index is 804. The van der Waals surface area contributed by atoms with Crippen molar-refractivity contribution in [1.29, 1.82) is 5.26 Å². The number of sulfonamides is 1. The van der Waals surface area contributed by atoms with Crippen LogP contribution in [-0.4, -0.2) is 57.0 Å². The quantitative estimate of drug-likeness (QED) is 0.659. The van der Waals surface area contributed by atoms with Crippen LogP contribution in [0.25, 0.3) is 0 Å². The van der Waals surface area contributed by atoms with Crippen LogP contribution in [-0.2, 0) is 19.6 Å². The van der Waals surface area contributed by atoms with Gasteiger partial charge in [0.15, 0.2) is 0 Å². The van der Waals surface area contributed by atoms with E-state index < -0.39 is 28.1 Å². The third-order valence-corrected chi connectivity index (χ3v) is 6.29. The summed E-state index contributed by atoms with van der Waals surface area (Å²) in [5.41, 5.74) is 5.54. The number of primary amides is 1. The van der Waals surface area contributed by atoms with Crippen LogP contribution in [0, 0.1) is 17.2 Å². The van der Waals surface area contributed by atoms with Crippen LogP contribution in [0.3, 0.4) is 0 Å². The first-order valence-electron chi connectivity index (χ1n) is 8.89. The van der Waals surface area contributed by atoms with Gasteiger partial charge in [-0.1, -0.05) is 26.0 Å². The molecule has 0 radical (unpaired) electrons. The van der Waals surface area contributed by atoms with Gasteiger partial charge in [-0.25, -0.2) is 8.42 Å². The average molecular weight is 394 g/mol. The largest absolute Gasteiger partial charge is 0.374 e. The van der Waals surface area contributed by atoms with Gasteiger partial charge in [0.2, 0.25) is 15.9 Å². The molecule has 8 nitrogen and oxygen atoms in total. The molecular formula is C18H26N4O4S. The molecule has 0 aromatic heterocycles. The van der Waals surface area contributed by atoms with E-state index in [0.29, 0.717) is 18.9 Å². The lowest BCUT2D eigenvalue weighted by molar-refractivity contribution is -0.120. The fourth-order valence-corrected chi connectivity index (χ4v) is 4.60. The molecule has 1 saturated heterocycles. The highest BCUT2D eigenvalue weighted by atomic mass is 32.2. The average Bonchev–Trinajstić information content (AvgIpc) is 2.64. The maximum Gasteiger partial charge on any atom is 0.244 e. The summed E-state index contributed by atoms with van der Waals surface area (Å²) in [7, 11) is -3.80. The van der Waals surface area contributed by atoms with Gasteiger partial charge < -0.3 is 15.8 Å². The van der Waals surface area contributed by atoms with E-state index in [1.807, 2.05) is 19.9 Å². The lowest BCUT2D eigenvalue weighted by Crippen LogP contribution is -2.52. The first-order chi connectivity index (χ1) is 12.8. The summed E-state index contributed by atoms with van der Waals surface area (Å²) in [5.74, 6) is -0.145. The molecule has 3 N–H and O–H groups in total. The number of amides is 1. The van der Waals surface area contributed by atoms with Gasteiger partial charge in [0.1, 0.15) is 6.07 Å². The first-order valence-corrected chi connectivity index (χ1v) is 10.3. The number of rotatable bonds is 8. The molecule has 2 rings (SSSR count). The molecule has 1 amide bonds. The van der Waals surface area contributed by atoms with Gasteiger partial charge in [0.25, 0.3) is 0 Å². The van der Waals surface area contributed by atoms with Crippen molar-refractivity contribution in [3.8, 4) is 6.07 Å². The summed E-state index contributed by atoms with van der Waals surface area (Å²) in [6.07, 6.45) is 0.191. The zero-order chi connectivity index (χ0) is 20.0. The second-order valence-corrected chi connectivity index (χ2v) is 8.86. The molecule has 27 heavy (non-hydrogen) atoms. The highest BCUT2D eigenvalue weighted by Crippen LogP contribution is 2.22. The smallest absolute Gasteiger partial charge is 0.244 e. The number of carbonyl (C=O) groups is 1. The molecule has 0 saturated carbocycles. The van der Waals surface area contributed by atoms with Gasteiger partial charge >= 0.3 is 0 Å². The first kappa shape index (κ1) is 21.3. The summed E-state index contributed by atoms with van der Waals surface area (Å²) in [6.45, 7) is 4.90. The van der Waals surface area contributed by atoms with Crippen molar-refractivity contribution in [1.82, 2.24) is 9.62 Å². The van der Waals surface area contributed by atoms with Crippen LogP contribution in [0.2, 0.25) is 0 Å². The topological polar surface area (TPSA) is 126 Å². The summed E-state index contributed by atoms with van der Waals surface area (Å²) < 4.78 is 32.8.